The van der Waals surface area contributed by atoms with E-state index < -0.39 is 0 Å². The van der Waals surface area contributed by atoms with Gasteiger partial charge >= 0.3 is 0 Å². The van der Waals surface area contributed by atoms with Crippen LogP contribution in [0.15, 0.2) is 18.2 Å². The third kappa shape index (κ3) is 6.37. The minimum Gasteiger partial charge on any atom is -0.496 e. The van der Waals surface area contributed by atoms with Crippen LogP contribution >= 0.6 is 0 Å². The highest BCUT2D eigenvalue weighted by molar-refractivity contribution is 5.42. The summed E-state index contributed by atoms with van der Waals surface area (Å²) < 4.78 is 16.6. The van der Waals surface area contributed by atoms with E-state index in [0.717, 1.165) is 43.1 Å². The van der Waals surface area contributed by atoms with E-state index in [0.29, 0.717) is 6.61 Å². The Kier molecular flexibility index (Phi) is 7.87. The number of hydrogen-bond donors (Lipinski definition) is 0. The van der Waals surface area contributed by atoms with Gasteiger partial charge in [0, 0.05) is 18.2 Å². The first-order valence-corrected chi connectivity index (χ1v) is 7.04. The number of unbranched alkanes of at least 4 members (excludes halogenated alkanes) is 3. The van der Waals surface area contributed by atoms with E-state index in [1.807, 2.05) is 18.2 Å². The van der Waals surface area contributed by atoms with Crippen LogP contribution in [0.2, 0.25) is 0 Å². The predicted molar refractivity (Wildman–Crippen MR) is 78.1 cm³/mol. The first-order valence-electron chi connectivity index (χ1n) is 7.04. The molecule has 3 nitrogen and oxygen atoms in total. The topological polar surface area (TPSA) is 27.7 Å². The summed E-state index contributed by atoms with van der Waals surface area (Å²) in [4.78, 5) is 0. The minimum atomic E-state index is 0.673. The molecule has 1 aromatic carbocycles. The van der Waals surface area contributed by atoms with Crippen molar-refractivity contribution in [3.05, 3.63) is 25.1 Å². The zero-order chi connectivity index (χ0) is 13.9. The molecule has 1 aromatic rings. The Hall–Kier alpha value is -1.38. The molecule has 0 aliphatic rings. The number of ether oxygens (including phenoxy) is 3. The van der Waals surface area contributed by atoms with Gasteiger partial charge in [-0.25, -0.2) is 0 Å². The molecular weight excluding hydrogens is 240 g/mol. The Labute approximate surface area is 116 Å². The SMILES string of the molecule is [CH2]CCCOc1cc(OC)cc(OCCCCC)c1. The van der Waals surface area contributed by atoms with Crippen LogP contribution in [0.5, 0.6) is 17.2 Å². The van der Waals surface area contributed by atoms with Gasteiger partial charge in [-0.05, 0) is 12.8 Å². The fourth-order valence-corrected chi connectivity index (χ4v) is 1.66. The summed E-state index contributed by atoms with van der Waals surface area (Å²) in [5.74, 6) is 2.36. The molecule has 3 heteroatoms. The third-order valence-corrected chi connectivity index (χ3v) is 2.77. The molecule has 0 bridgehead atoms. The molecule has 19 heavy (non-hydrogen) atoms. The molecule has 107 valence electrons. The highest BCUT2D eigenvalue weighted by atomic mass is 16.5. The maximum absolute atomic E-state index is 5.73. The number of rotatable bonds is 10. The molecule has 0 saturated heterocycles. The van der Waals surface area contributed by atoms with Crippen LogP contribution in [0.25, 0.3) is 0 Å². The molecule has 0 saturated carbocycles. The first kappa shape index (κ1) is 15.7. The Morgan fingerprint density at radius 3 is 2.00 bits per heavy atom. The Morgan fingerprint density at radius 2 is 1.47 bits per heavy atom. The van der Waals surface area contributed by atoms with E-state index in [2.05, 4.69) is 13.8 Å². The molecule has 0 heterocycles. The predicted octanol–water partition coefficient (Wildman–Crippen LogP) is 4.26. The largest absolute Gasteiger partial charge is 0.496 e. The highest BCUT2D eigenvalue weighted by Gasteiger charge is 2.03. The van der Waals surface area contributed by atoms with E-state index in [-0.39, 0.29) is 0 Å². The molecule has 0 fully saturated rings. The molecular formula is C16H25O3. The van der Waals surface area contributed by atoms with Crippen LogP contribution in [0.4, 0.5) is 0 Å². The zero-order valence-electron chi connectivity index (χ0n) is 12.1. The highest BCUT2D eigenvalue weighted by Crippen LogP contribution is 2.28. The Balaban J connectivity index is 2.55. The lowest BCUT2D eigenvalue weighted by Gasteiger charge is -2.11. The van der Waals surface area contributed by atoms with Crippen LogP contribution in [-0.2, 0) is 0 Å². The van der Waals surface area contributed by atoms with Gasteiger partial charge in [-0.1, -0.05) is 33.1 Å². The quantitative estimate of drug-likeness (QED) is 0.592. The van der Waals surface area contributed by atoms with E-state index in [9.17, 15) is 0 Å². The van der Waals surface area contributed by atoms with Gasteiger partial charge in [-0.15, -0.1) is 0 Å². The summed E-state index contributed by atoms with van der Waals surface area (Å²) in [5, 5.41) is 0. The van der Waals surface area contributed by atoms with E-state index in [4.69, 9.17) is 14.2 Å². The molecule has 0 N–H and O–H groups in total. The van der Waals surface area contributed by atoms with Crippen molar-refractivity contribution in [1.29, 1.82) is 0 Å². The van der Waals surface area contributed by atoms with Crippen molar-refractivity contribution in [1.82, 2.24) is 0 Å². The lowest BCUT2D eigenvalue weighted by Crippen LogP contribution is -2.00. The van der Waals surface area contributed by atoms with Gasteiger partial charge in [-0.2, -0.15) is 0 Å². The van der Waals surface area contributed by atoms with Crippen LogP contribution < -0.4 is 14.2 Å². The van der Waals surface area contributed by atoms with Gasteiger partial charge < -0.3 is 14.2 Å². The fraction of sp³-hybridized carbons (Fsp3) is 0.562. The molecule has 0 atom stereocenters. The minimum absolute atomic E-state index is 0.673. The van der Waals surface area contributed by atoms with Crippen molar-refractivity contribution in [3.63, 3.8) is 0 Å². The average Bonchev–Trinajstić information content (AvgIpc) is 2.44. The van der Waals surface area contributed by atoms with Gasteiger partial charge in [0.2, 0.25) is 0 Å². The number of benzene rings is 1. The summed E-state index contributed by atoms with van der Waals surface area (Å²) >= 11 is 0. The molecule has 0 unspecified atom stereocenters. The summed E-state index contributed by atoms with van der Waals surface area (Å²) in [5.41, 5.74) is 0. The standard InChI is InChI=1S/C16H25O3/c1-4-6-8-10-19-16-12-14(17-3)11-15(13-16)18-9-7-5-2/h11-13H,2,4-10H2,1,3H3. The van der Waals surface area contributed by atoms with Crippen LogP contribution in [0.3, 0.4) is 0 Å². The molecule has 0 aliphatic carbocycles. The second kappa shape index (κ2) is 9.54. The third-order valence-electron chi connectivity index (χ3n) is 2.77. The van der Waals surface area contributed by atoms with Crippen molar-refractivity contribution in [2.75, 3.05) is 20.3 Å². The van der Waals surface area contributed by atoms with Crippen molar-refractivity contribution < 1.29 is 14.2 Å². The van der Waals surface area contributed by atoms with E-state index in [1.165, 1.54) is 12.8 Å². The average molecular weight is 265 g/mol. The lowest BCUT2D eigenvalue weighted by molar-refractivity contribution is 0.290. The first-order chi connectivity index (χ1) is 9.30. The summed E-state index contributed by atoms with van der Waals surface area (Å²) in [6.45, 7) is 7.39. The van der Waals surface area contributed by atoms with Crippen molar-refractivity contribution in [2.45, 2.75) is 39.0 Å². The molecule has 0 aromatic heterocycles. The monoisotopic (exact) mass is 265 g/mol. The van der Waals surface area contributed by atoms with Gasteiger partial charge in [0.05, 0.1) is 20.3 Å². The second-order valence-corrected chi connectivity index (χ2v) is 4.46. The number of methoxy groups -OCH3 is 1. The molecule has 0 spiro atoms. The van der Waals surface area contributed by atoms with Gasteiger partial charge in [0.25, 0.3) is 0 Å². The molecule has 1 radical (unpaired) electrons. The van der Waals surface area contributed by atoms with Gasteiger partial charge in [0.1, 0.15) is 17.2 Å². The van der Waals surface area contributed by atoms with Crippen LogP contribution in [0, 0.1) is 6.92 Å². The summed E-state index contributed by atoms with van der Waals surface area (Å²) in [6, 6.07) is 5.68. The van der Waals surface area contributed by atoms with Crippen molar-refractivity contribution in [2.24, 2.45) is 0 Å². The van der Waals surface area contributed by atoms with Crippen molar-refractivity contribution in [3.8, 4) is 17.2 Å². The van der Waals surface area contributed by atoms with Crippen LogP contribution in [-0.4, -0.2) is 20.3 Å². The maximum Gasteiger partial charge on any atom is 0.126 e. The summed E-state index contributed by atoms with van der Waals surface area (Å²) in [7, 11) is 1.65. The zero-order valence-corrected chi connectivity index (χ0v) is 12.1. The Morgan fingerprint density at radius 1 is 0.895 bits per heavy atom. The normalized spacial score (nSPS) is 10.3. The second-order valence-electron chi connectivity index (χ2n) is 4.46. The molecule has 1 rings (SSSR count). The van der Waals surface area contributed by atoms with E-state index in [1.54, 1.807) is 7.11 Å². The summed E-state index contributed by atoms with van der Waals surface area (Å²) in [6.07, 6.45) is 5.29. The van der Waals surface area contributed by atoms with Gasteiger partial charge in [-0.3, -0.25) is 0 Å². The maximum atomic E-state index is 5.73. The van der Waals surface area contributed by atoms with E-state index >= 15 is 0 Å². The van der Waals surface area contributed by atoms with Gasteiger partial charge in [0.15, 0.2) is 0 Å². The number of hydrogen-bond acceptors (Lipinski definition) is 3. The lowest BCUT2D eigenvalue weighted by atomic mass is 10.2. The smallest absolute Gasteiger partial charge is 0.126 e. The molecule has 0 aliphatic heterocycles. The fourth-order valence-electron chi connectivity index (χ4n) is 1.66. The molecule has 0 amide bonds. The van der Waals surface area contributed by atoms with Crippen molar-refractivity contribution >= 4 is 0 Å². The Bertz CT molecular complexity index is 350. The van der Waals surface area contributed by atoms with Crippen LogP contribution in [0.1, 0.15) is 39.0 Å².